The molecule has 0 saturated heterocycles. The minimum Gasteiger partial charge on any atom is -0.490 e. The molecule has 55 heavy (non-hydrogen) atoms. The van der Waals surface area contributed by atoms with Crippen LogP contribution in [0.2, 0.25) is 0 Å². The van der Waals surface area contributed by atoms with Gasteiger partial charge >= 0.3 is 0 Å². The van der Waals surface area contributed by atoms with Crippen molar-refractivity contribution in [3.05, 3.63) is 186 Å². The zero-order chi connectivity index (χ0) is 39.2. The van der Waals surface area contributed by atoms with Gasteiger partial charge in [0.2, 0.25) is 5.91 Å². The molecule has 0 atom stereocenters. The number of carbonyl (C=O) groups is 3. The molecule has 3 amide bonds. The molecule has 0 aliphatic carbocycles. The van der Waals surface area contributed by atoms with Crippen molar-refractivity contribution in [2.75, 3.05) is 12.4 Å². The van der Waals surface area contributed by atoms with Gasteiger partial charge in [0, 0.05) is 11.3 Å². The van der Waals surface area contributed by atoms with Crippen LogP contribution >= 0.6 is 11.8 Å². The van der Waals surface area contributed by atoms with E-state index in [4.69, 9.17) is 9.47 Å². The molecule has 4 aromatic rings. The number of thioether (sulfide) groups is 1. The quantitative estimate of drug-likeness (QED) is 0.0531. The van der Waals surface area contributed by atoms with Crippen molar-refractivity contribution in [2.24, 2.45) is 4.99 Å². The number of aliphatic imine (C=N–C) groups is 1. The highest BCUT2D eigenvalue weighted by atomic mass is 32.2. The Balaban J connectivity index is 1.46. The summed E-state index contributed by atoms with van der Waals surface area (Å²) in [5, 5.41) is 3.16. The lowest BCUT2D eigenvalue weighted by molar-refractivity contribution is -0.126. The van der Waals surface area contributed by atoms with Crippen molar-refractivity contribution in [3.63, 3.8) is 0 Å². The number of nitrogens with one attached hydrogen (secondary N) is 1. The van der Waals surface area contributed by atoms with E-state index in [0.717, 1.165) is 22.9 Å². The summed E-state index contributed by atoms with van der Waals surface area (Å²) < 4.78 is 26.0. The fourth-order valence-corrected chi connectivity index (χ4v) is 6.65. The molecular weight excluding hydrogens is 714 g/mol. The maximum absolute atomic E-state index is 14.3. The molecule has 0 saturated carbocycles. The standard InChI is InChI=1S/C45H42FN3O5S/c1-5-9-24-37(7-3)49-44(52)38(27-32-25-35(17-6-2)42(39(28-32)53-8-4)54-29-31-18-16-23-36(46)26-31)43(51)48-45(49)55-30-40(50)47-41(33-19-12-10-13-20-33)34-21-14-11-15-22-34/h5-7,9-16,18-28,41H,1-2,8,17,29-30H2,3-4H3,(H,47,50)/b24-9-,37-7+,38-27+. The molecule has 4 aromatic carbocycles. The highest BCUT2D eigenvalue weighted by molar-refractivity contribution is 8.14. The third kappa shape index (κ3) is 10.5. The van der Waals surface area contributed by atoms with E-state index in [0.29, 0.717) is 46.9 Å². The SMILES string of the molecule is C=C/C=C\C(=C/C)N1C(=O)/C(=C/c2cc(CC=C)c(OCc3cccc(F)c3)c(OCC)c2)C(=O)N=C1SCC(=O)NC(c1ccccc1)c1ccccc1. The van der Waals surface area contributed by atoms with Crippen LogP contribution in [0.4, 0.5) is 4.39 Å². The third-order valence-electron chi connectivity index (χ3n) is 8.31. The first kappa shape index (κ1) is 39.9. The number of hydrogen-bond acceptors (Lipinski definition) is 6. The Kier molecular flexibility index (Phi) is 14.3. The molecule has 0 fully saturated rings. The topological polar surface area (TPSA) is 97.3 Å². The van der Waals surface area contributed by atoms with Crippen LogP contribution in [0.3, 0.4) is 0 Å². The van der Waals surface area contributed by atoms with Gasteiger partial charge in [0.1, 0.15) is 18.0 Å². The number of rotatable bonds is 16. The predicted octanol–water partition coefficient (Wildman–Crippen LogP) is 8.93. The van der Waals surface area contributed by atoms with Gasteiger partial charge in [-0.05, 0) is 78.9 Å². The van der Waals surface area contributed by atoms with E-state index < -0.39 is 17.9 Å². The Morgan fingerprint density at radius 2 is 1.67 bits per heavy atom. The third-order valence-corrected chi connectivity index (χ3v) is 9.25. The van der Waals surface area contributed by atoms with Gasteiger partial charge in [-0.1, -0.05) is 115 Å². The van der Waals surface area contributed by atoms with Gasteiger partial charge in [-0.15, -0.1) is 6.58 Å². The second-order valence-corrected chi connectivity index (χ2v) is 13.1. The fraction of sp³-hybridized carbons (Fsp3) is 0.156. The lowest BCUT2D eigenvalue weighted by Crippen LogP contribution is -2.42. The Bertz CT molecular complexity index is 2120. The molecule has 5 rings (SSSR count). The number of allylic oxidation sites excluding steroid dienone is 5. The van der Waals surface area contributed by atoms with Crippen LogP contribution in [0.15, 0.2) is 157 Å². The van der Waals surface area contributed by atoms with Gasteiger partial charge in [0.25, 0.3) is 11.8 Å². The van der Waals surface area contributed by atoms with E-state index in [1.165, 1.54) is 23.1 Å². The second-order valence-electron chi connectivity index (χ2n) is 12.2. The zero-order valence-electron chi connectivity index (χ0n) is 30.7. The first-order valence-corrected chi connectivity index (χ1v) is 18.7. The molecule has 0 unspecified atom stereocenters. The summed E-state index contributed by atoms with van der Waals surface area (Å²) in [6.45, 7) is 11.6. The maximum Gasteiger partial charge on any atom is 0.285 e. The predicted molar refractivity (Wildman–Crippen MR) is 218 cm³/mol. The number of ether oxygens (including phenoxy) is 2. The minimum atomic E-state index is -0.756. The molecule has 0 spiro atoms. The van der Waals surface area contributed by atoms with Gasteiger partial charge in [0.15, 0.2) is 16.7 Å². The molecule has 1 aliphatic rings. The van der Waals surface area contributed by atoms with Crippen molar-refractivity contribution in [1.29, 1.82) is 0 Å². The number of nitrogens with zero attached hydrogens (tertiary/aromatic N) is 2. The van der Waals surface area contributed by atoms with Crippen LogP contribution in [0, 0.1) is 5.82 Å². The molecule has 0 bridgehead atoms. The lowest BCUT2D eigenvalue weighted by Gasteiger charge is -2.28. The summed E-state index contributed by atoms with van der Waals surface area (Å²) in [5.74, 6) is -1.35. The molecule has 0 radical (unpaired) electrons. The Labute approximate surface area is 325 Å². The van der Waals surface area contributed by atoms with Crippen LogP contribution in [-0.2, 0) is 27.4 Å². The molecule has 10 heteroatoms. The van der Waals surface area contributed by atoms with Gasteiger partial charge in [-0.25, -0.2) is 4.39 Å². The molecule has 8 nitrogen and oxygen atoms in total. The molecule has 0 aromatic heterocycles. The number of hydrogen-bond donors (Lipinski definition) is 1. The summed E-state index contributed by atoms with van der Waals surface area (Å²) in [5.41, 5.74) is 3.89. The normalized spacial score (nSPS) is 14.0. The molecule has 1 heterocycles. The lowest BCUT2D eigenvalue weighted by atomic mass is 9.99. The Morgan fingerprint density at radius 1 is 0.964 bits per heavy atom. The zero-order valence-corrected chi connectivity index (χ0v) is 31.6. The van der Waals surface area contributed by atoms with Crippen molar-refractivity contribution in [1.82, 2.24) is 10.2 Å². The summed E-state index contributed by atoms with van der Waals surface area (Å²) >= 11 is 0.987. The van der Waals surface area contributed by atoms with Crippen molar-refractivity contribution < 1.29 is 28.2 Å². The summed E-state index contributed by atoms with van der Waals surface area (Å²) in [4.78, 5) is 47.2. The number of benzene rings is 4. The second kappa shape index (κ2) is 19.7. The maximum atomic E-state index is 14.3. The Hall–Kier alpha value is -6.26. The molecule has 1 N–H and O–H groups in total. The van der Waals surface area contributed by atoms with Crippen LogP contribution in [-0.4, -0.2) is 40.1 Å². The fourth-order valence-electron chi connectivity index (χ4n) is 5.84. The van der Waals surface area contributed by atoms with Crippen LogP contribution in [0.1, 0.15) is 47.7 Å². The smallest absolute Gasteiger partial charge is 0.285 e. The van der Waals surface area contributed by atoms with E-state index in [-0.39, 0.29) is 34.8 Å². The largest absolute Gasteiger partial charge is 0.490 e. The monoisotopic (exact) mass is 755 g/mol. The van der Waals surface area contributed by atoms with Crippen LogP contribution in [0.25, 0.3) is 6.08 Å². The van der Waals surface area contributed by atoms with Gasteiger partial charge in [-0.2, -0.15) is 4.99 Å². The van der Waals surface area contributed by atoms with E-state index in [1.807, 2.05) is 67.6 Å². The van der Waals surface area contributed by atoms with Gasteiger partial charge in [0.05, 0.1) is 18.4 Å². The van der Waals surface area contributed by atoms with E-state index in [9.17, 15) is 18.8 Å². The van der Waals surface area contributed by atoms with E-state index in [1.54, 1.807) is 61.6 Å². The minimum absolute atomic E-state index is 0.0588. The van der Waals surface area contributed by atoms with Crippen molar-refractivity contribution in [2.45, 2.75) is 32.9 Å². The highest BCUT2D eigenvalue weighted by Gasteiger charge is 2.35. The van der Waals surface area contributed by atoms with E-state index in [2.05, 4.69) is 23.5 Å². The number of carbonyl (C=O) groups excluding carboxylic acids is 3. The van der Waals surface area contributed by atoms with Gasteiger partial charge < -0.3 is 14.8 Å². The molecule has 280 valence electrons. The number of halogens is 1. The molecule has 1 aliphatic heterocycles. The van der Waals surface area contributed by atoms with Crippen LogP contribution < -0.4 is 14.8 Å². The summed E-state index contributed by atoms with van der Waals surface area (Å²) in [6.07, 6.45) is 10.2. The van der Waals surface area contributed by atoms with Crippen molar-refractivity contribution in [3.8, 4) is 11.5 Å². The summed E-state index contributed by atoms with van der Waals surface area (Å²) in [6, 6.07) is 28.4. The first-order chi connectivity index (χ1) is 26.8. The first-order valence-electron chi connectivity index (χ1n) is 17.7. The summed E-state index contributed by atoms with van der Waals surface area (Å²) in [7, 11) is 0. The van der Waals surface area contributed by atoms with Crippen molar-refractivity contribution >= 4 is 40.7 Å². The number of amides is 3. The van der Waals surface area contributed by atoms with Gasteiger partial charge in [-0.3, -0.25) is 19.3 Å². The van der Waals surface area contributed by atoms with Crippen LogP contribution in [0.5, 0.6) is 11.5 Å². The number of amidine groups is 1. The average Bonchev–Trinajstić information content (AvgIpc) is 3.19. The average molecular weight is 756 g/mol. The molecular formula is C45H42FN3O5S. The Morgan fingerprint density at radius 3 is 2.29 bits per heavy atom. The highest BCUT2D eigenvalue weighted by Crippen LogP contribution is 2.36. The van der Waals surface area contributed by atoms with E-state index >= 15 is 0 Å².